The second-order valence-corrected chi connectivity index (χ2v) is 9.59. The van der Waals surface area contributed by atoms with Crippen LogP contribution in [0.4, 0.5) is 0 Å². The molecule has 30 heavy (non-hydrogen) atoms. The van der Waals surface area contributed by atoms with Gasteiger partial charge >= 0.3 is 0 Å². The van der Waals surface area contributed by atoms with Crippen LogP contribution in [-0.4, -0.2) is 33.2 Å². The second kappa shape index (κ2) is 7.63. The van der Waals surface area contributed by atoms with Gasteiger partial charge in [-0.2, -0.15) is 4.98 Å². The minimum Gasteiger partial charge on any atom is -0.354 e. The van der Waals surface area contributed by atoms with Gasteiger partial charge in [-0.25, -0.2) is 0 Å². The maximum atomic E-state index is 5.66. The lowest BCUT2D eigenvalue weighted by molar-refractivity contribution is 0.392. The Morgan fingerprint density at radius 3 is 2.50 bits per heavy atom. The molecule has 5 rings (SSSR count). The van der Waals surface area contributed by atoms with E-state index in [0.29, 0.717) is 17.7 Å². The number of hydrogen-bond donors (Lipinski definition) is 2. The SMILES string of the molecule is Cc1cc(-c2[nH]c3cc(-c4nc(C5CCNCC5)no4)sc3c2C(C)C)cc(C)n1. The summed E-state index contributed by atoms with van der Waals surface area (Å²) in [5, 5.41) is 7.68. The Bertz CT molecular complexity index is 1180. The number of rotatable bonds is 4. The van der Waals surface area contributed by atoms with E-state index in [1.165, 1.54) is 21.5 Å². The van der Waals surface area contributed by atoms with E-state index in [1.807, 2.05) is 13.8 Å². The average Bonchev–Trinajstić information content (AvgIpc) is 3.41. The van der Waals surface area contributed by atoms with Crippen LogP contribution in [0.15, 0.2) is 22.7 Å². The summed E-state index contributed by atoms with van der Waals surface area (Å²) in [6, 6.07) is 6.45. The zero-order valence-corrected chi connectivity index (χ0v) is 18.7. The van der Waals surface area contributed by atoms with Crippen molar-refractivity contribution in [3.8, 4) is 22.0 Å². The fraction of sp³-hybridized carbons (Fsp3) is 0.435. The summed E-state index contributed by atoms with van der Waals surface area (Å²) in [5.74, 6) is 2.26. The molecule has 0 aliphatic carbocycles. The van der Waals surface area contributed by atoms with Gasteiger partial charge in [0.2, 0.25) is 0 Å². The summed E-state index contributed by atoms with van der Waals surface area (Å²) in [6.07, 6.45) is 2.13. The van der Waals surface area contributed by atoms with Crippen LogP contribution in [-0.2, 0) is 0 Å². The van der Waals surface area contributed by atoms with Crippen LogP contribution in [0.1, 0.15) is 61.3 Å². The maximum absolute atomic E-state index is 5.66. The first kappa shape index (κ1) is 19.5. The van der Waals surface area contributed by atoms with Gasteiger partial charge in [-0.05, 0) is 69.5 Å². The molecule has 1 aliphatic rings. The van der Waals surface area contributed by atoms with E-state index in [-0.39, 0.29) is 0 Å². The maximum Gasteiger partial charge on any atom is 0.268 e. The number of aromatic amines is 1. The molecule has 4 aromatic heterocycles. The highest BCUT2D eigenvalue weighted by Gasteiger charge is 2.24. The van der Waals surface area contributed by atoms with E-state index >= 15 is 0 Å². The number of pyridine rings is 1. The van der Waals surface area contributed by atoms with Crippen LogP contribution in [0.25, 0.3) is 32.2 Å². The van der Waals surface area contributed by atoms with E-state index in [4.69, 9.17) is 9.51 Å². The fourth-order valence-corrected chi connectivity index (χ4v) is 5.68. The van der Waals surface area contributed by atoms with E-state index in [1.54, 1.807) is 11.3 Å². The molecule has 1 saturated heterocycles. The zero-order valence-electron chi connectivity index (χ0n) is 17.9. The van der Waals surface area contributed by atoms with Gasteiger partial charge in [0.1, 0.15) is 0 Å². The van der Waals surface area contributed by atoms with Gasteiger partial charge in [0.05, 0.1) is 20.8 Å². The largest absolute Gasteiger partial charge is 0.354 e. The molecule has 156 valence electrons. The van der Waals surface area contributed by atoms with Gasteiger partial charge in [0, 0.05) is 22.9 Å². The smallest absolute Gasteiger partial charge is 0.268 e. The molecule has 0 amide bonds. The number of thiophene rings is 1. The Morgan fingerprint density at radius 2 is 1.80 bits per heavy atom. The molecule has 2 N–H and O–H groups in total. The molecule has 0 spiro atoms. The fourth-order valence-electron chi connectivity index (χ4n) is 4.44. The molecule has 1 aliphatic heterocycles. The van der Waals surface area contributed by atoms with Crippen molar-refractivity contribution in [3.05, 3.63) is 41.0 Å². The van der Waals surface area contributed by atoms with Crippen LogP contribution in [0.2, 0.25) is 0 Å². The third-order valence-corrected chi connectivity index (χ3v) is 6.97. The lowest BCUT2D eigenvalue weighted by Gasteiger charge is -2.18. The van der Waals surface area contributed by atoms with Gasteiger partial charge in [-0.1, -0.05) is 19.0 Å². The Morgan fingerprint density at radius 1 is 1.07 bits per heavy atom. The Balaban J connectivity index is 1.54. The lowest BCUT2D eigenvalue weighted by Crippen LogP contribution is -2.27. The summed E-state index contributed by atoms with van der Waals surface area (Å²) < 4.78 is 6.92. The molecular weight excluding hydrogens is 394 g/mol. The standard InChI is InChI=1S/C23H27N5OS/c1-12(2)19-20(16-9-13(3)25-14(4)10-16)26-17-11-18(30-21(17)19)23-27-22(28-29-23)15-5-7-24-8-6-15/h9-12,15,24,26H,5-8H2,1-4H3. The summed E-state index contributed by atoms with van der Waals surface area (Å²) in [7, 11) is 0. The number of H-pyrrole nitrogens is 1. The average molecular weight is 422 g/mol. The molecule has 0 saturated carbocycles. The van der Waals surface area contributed by atoms with Crippen LogP contribution in [0.5, 0.6) is 0 Å². The van der Waals surface area contributed by atoms with Gasteiger partial charge in [0.25, 0.3) is 5.89 Å². The van der Waals surface area contributed by atoms with E-state index in [0.717, 1.165) is 53.5 Å². The summed E-state index contributed by atoms with van der Waals surface area (Å²) in [6.45, 7) is 10.6. The number of fused-ring (bicyclic) bond motifs is 1. The predicted octanol–water partition coefficient (Wildman–Crippen LogP) is 5.55. The number of nitrogens with one attached hydrogen (secondary N) is 2. The Kier molecular flexibility index (Phi) is 4.95. The highest BCUT2D eigenvalue weighted by Crippen LogP contribution is 2.42. The minimum absolute atomic E-state index is 0.391. The quantitative estimate of drug-likeness (QED) is 0.452. The van der Waals surface area contributed by atoms with E-state index < -0.39 is 0 Å². The number of aryl methyl sites for hydroxylation is 2. The Labute approximate surface area is 180 Å². The summed E-state index contributed by atoms with van der Waals surface area (Å²) in [4.78, 5) is 14.0. The Hall–Kier alpha value is -2.51. The molecule has 5 heterocycles. The predicted molar refractivity (Wildman–Crippen MR) is 121 cm³/mol. The van der Waals surface area contributed by atoms with Crippen molar-refractivity contribution in [2.24, 2.45) is 0 Å². The number of hydrogen-bond acceptors (Lipinski definition) is 6. The molecule has 1 fully saturated rings. The van der Waals surface area contributed by atoms with Crippen molar-refractivity contribution in [2.45, 2.75) is 52.4 Å². The van der Waals surface area contributed by atoms with Crippen LogP contribution in [0.3, 0.4) is 0 Å². The molecule has 6 nitrogen and oxygen atoms in total. The van der Waals surface area contributed by atoms with Crippen molar-refractivity contribution >= 4 is 21.6 Å². The molecule has 0 atom stereocenters. The first-order valence-electron chi connectivity index (χ1n) is 10.7. The number of piperidine rings is 1. The van der Waals surface area contributed by atoms with Gasteiger partial charge in [-0.3, -0.25) is 4.98 Å². The minimum atomic E-state index is 0.391. The molecule has 7 heteroatoms. The topological polar surface area (TPSA) is 79.6 Å². The monoisotopic (exact) mass is 421 g/mol. The lowest BCUT2D eigenvalue weighted by atomic mass is 9.98. The third kappa shape index (κ3) is 3.46. The van der Waals surface area contributed by atoms with Crippen molar-refractivity contribution in [2.75, 3.05) is 13.1 Å². The van der Waals surface area contributed by atoms with Crippen molar-refractivity contribution in [3.63, 3.8) is 0 Å². The van der Waals surface area contributed by atoms with Crippen LogP contribution in [0, 0.1) is 13.8 Å². The molecule has 4 aromatic rings. The third-order valence-electron chi connectivity index (χ3n) is 5.81. The highest BCUT2D eigenvalue weighted by molar-refractivity contribution is 7.22. The first-order valence-corrected chi connectivity index (χ1v) is 11.5. The number of aromatic nitrogens is 4. The molecular formula is C23H27N5OS. The molecule has 0 unspecified atom stereocenters. The van der Waals surface area contributed by atoms with Crippen molar-refractivity contribution < 1.29 is 4.52 Å². The van der Waals surface area contributed by atoms with Crippen LogP contribution >= 0.6 is 11.3 Å². The van der Waals surface area contributed by atoms with Gasteiger partial charge in [-0.15, -0.1) is 11.3 Å². The van der Waals surface area contributed by atoms with Crippen LogP contribution < -0.4 is 5.32 Å². The number of nitrogens with zero attached hydrogens (tertiary/aromatic N) is 3. The molecule has 0 radical (unpaired) electrons. The highest BCUT2D eigenvalue weighted by atomic mass is 32.1. The van der Waals surface area contributed by atoms with Crippen molar-refractivity contribution in [1.29, 1.82) is 0 Å². The van der Waals surface area contributed by atoms with Crippen molar-refractivity contribution in [1.82, 2.24) is 25.4 Å². The summed E-state index contributed by atoms with van der Waals surface area (Å²) in [5.41, 5.74) is 6.92. The second-order valence-electron chi connectivity index (χ2n) is 8.54. The zero-order chi connectivity index (χ0) is 20.8. The van der Waals surface area contributed by atoms with Gasteiger partial charge < -0.3 is 14.8 Å². The van der Waals surface area contributed by atoms with Gasteiger partial charge in [0.15, 0.2) is 5.82 Å². The molecule has 0 aromatic carbocycles. The van der Waals surface area contributed by atoms with E-state index in [9.17, 15) is 0 Å². The van der Waals surface area contributed by atoms with E-state index in [2.05, 4.69) is 52.5 Å². The molecule has 0 bridgehead atoms. The first-order chi connectivity index (χ1) is 14.5. The summed E-state index contributed by atoms with van der Waals surface area (Å²) >= 11 is 1.73. The normalized spacial score (nSPS) is 15.5.